The highest BCUT2D eigenvalue weighted by molar-refractivity contribution is 6.12. The van der Waals surface area contributed by atoms with Crippen LogP contribution in [0.3, 0.4) is 0 Å². The maximum Gasteiger partial charge on any atom is 0.407 e. The van der Waals surface area contributed by atoms with E-state index in [2.05, 4.69) is 34.9 Å². The molecule has 1 heterocycles. The van der Waals surface area contributed by atoms with Gasteiger partial charge in [0, 0.05) is 37.7 Å². The SMILES string of the molecule is C[C@@H](Cc1ccc(CCCCC(=O)NCCN2C(=O)C=CC2=O)cc1)NC(=O)OC(C)(C)C. The molecule has 0 fully saturated rings. The van der Waals surface area contributed by atoms with Crippen molar-refractivity contribution in [3.63, 3.8) is 0 Å². The minimum Gasteiger partial charge on any atom is -0.444 e. The number of nitrogens with zero attached hydrogens (tertiary/aromatic N) is 1. The number of carbonyl (C=O) groups is 4. The van der Waals surface area contributed by atoms with E-state index < -0.39 is 11.7 Å². The number of ether oxygens (including phenoxy) is 1. The fourth-order valence-electron chi connectivity index (χ4n) is 3.42. The van der Waals surface area contributed by atoms with Crippen LogP contribution in [0, 0.1) is 0 Å². The van der Waals surface area contributed by atoms with E-state index >= 15 is 0 Å². The summed E-state index contributed by atoms with van der Waals surface area (Å²) < 4.78 is 5.28. The average molecular weight is 458 g/mol. The van der Waals surface area contributed by atoms with Crippen LogP contribution in [-0.4, -0.2) is 53.4 Å². The third-order valence-corrected chi connectivity index (χ3v) is 5.01. The molecule has 0 spiro atoms. The number of aryl methyl sites for hydroxylation is 1. The van der Waals surface area contributed by atoms with E-state index in [-0.39, 0.29) is 36.9 Å². The Hall–Kier alpha value is -3.16. The second kappa shape index (κ2) is 12.2. The molecule has 0 bridgehead atoms. The van der Waals surface area contributed by atoms with Crippen molar-refractivity contribution in [1.82, 2.24) is 15.5 Å². The van der Waals surface area contributed by atoms with Crippen LogP contribution < -0.4 is 10.6 Å². The molecule has 180 valence electrons. The van der Waals surface area contributed by atoms with Gasteiger partial charge in [-0.3, -0.25) is 19.3 Å². The minimum absolute atomic E-state index is 0.0396. The van der Waals surface area contributed by atoms with Crippen molar-refractivity contribution in [2.75, 3.05) is 13.1 Å². The first-order chi connectivity index (χ1) is 15.5. The number of alkyl carbamates (subject to hydrolysis) is 1. The van der Waals surface area contributed by atoms with E-state index in [1.165, 1.54) is 17.7 Å². The first kappa shape index (κ1) is 26.1. The number of amides is 4. The number of nitrogens with one attached hydrogen (secondary N) is 2. The molecule has 4 amide bonds. The monoisotopic (exact) mass is 457 g/mol. The number of imide groups is 1. The molecular weight excluding hydrogens is 422 g/mol. The summed E-state index contributed by atoms with van der Waals surface area (Å²) in [5.41, 5.74) is 1.82. The van der Waals surface area contributed by atoms with Gasteiger partial charge in [0.05, 0.1) is 0 Å². The molecule has 33 heavy (non-hydrogen) atoms. The number of benzene rings is 1. The van der Waals surface area contributed by atoms with Crippen molar-refractivity contribution >= 4 is 23.8 Å². The number of hydrogen-bond acceptors (Lipinski definition) is 5. The van der Waals surface area contributed by atoms with Crippen LogP contribution in [0.25, 0.3) is 0 Å². The molecule has 8 nitrogen and oxygen atoms in total. The molecule has 8 heteroatoms. The molecule has 0 unspecified atom stereocenters. The van der Waals surface area contributed by atoms with Crippen LogP contribution in [0.2, 0.25) is 0 Å². The smallest absolute Gasteiger partial charge is 0.407 e. The lowest BCUT2D eigenvalue weighted by atomic mass is 10.0. The van der Waals surface area contributed by atoms with Gasteiger partial charge < -0.3 is 15.4 Å². The van der Waals surface area contributed by atoms with Crippen LogP contribution in [-0.2, 0) is 32.0 Å². The van der Waals surface area contributed by atoms with Gasteiger partial charge in [0.2, 0.25) is 5.91 Å². The largest absolute Gasteiger partial charge is 0.444 e. The van der Waals surface area contributed by atoms with Gasteiger partial charge in [-0.1, -0.05) is 24.3 Å². The highest BCUT2D eigenvalue weighted by Crippen LogP contribution is 2.12. The van der Waals surface area contributed by atoms with Crippen LogP contribution in [0.4, 0.5) is 4.79 Å². The van der Waals surface area contributed by atoms with Crippen LogP contribution in [0.15, 0.2) is 36.4 Å². The summed E-state index contributed by atoms with van der Waals surface area (Å²) >= 11 is 0. The van der Waals surface area contributed by atoms with E-state index in [9.17, 15) is 19.2 Å². The Balaban J connectivity index is 1.60. The predicted octanol–water partition coefficient (Wildman–Crippen LogP) is 2.90. The molecule has 0 aromatic heterocycles. The summed E-state index contributed by atoms with van der Waals surface area (Å²) in [5, 5.41) is 5.60. The number of unbranched alkanes of at least 4 members (excludes halogenated alkanes) is 1. The van der Waals surface area contributed by atoms with Crippen LogP contribution in [0.5, 0.6) is 0 Å². The lowest BCUT2D eigenvalue weighted by molar-refractivity contribution is -0.137. The summed E-state index contributed by atoms with van der Waals surface area (Å²) in [7, 11) is 0. The van der Waals surface area contributed by atoms with Crippen molar-refractivity contribution in [1.29, 1.82) is 0 Å². The summed E-state index contributed by atoms with van der Waals surface area (Å²) in [6, 6.07) is 8.24. The molecule has 1 aliphatic heterocycles. The molecule has 2 rings (SSSR count). The van der Waals surface area contributed by atoms with Crippen molar-refractivity contribution in [2.24, 2.45) is 0 Å². The van der Waals surface area contributed by atoms with E-state index in [0.717, 1.165) is 29.7 Å². The second-order valence-corrected chi connectivity index (χ2v) is 9.29. The zero-order valence-electron chi connectivity index (χ0n) is 20.0. The number of carbonyl (C=O) groups excluding carboxylic acids is 4. The van der Waals surface area contributed by atoms with Gasteiger partial charge in [-0.2, -0.15) is 0 Å². The van der Waals surface area contributed by atoms with Gasteiger partial charge in [0.1, 0.15) is 5.60 Å². The summed E-state index contributed by atoms with van der Waals surface area (Å²) in [6.07, 6.45) is 5.70. The summed E-state index contributed by atoms with van der Waals surface area (Å²) in [6.45, 7) is 7.91. The normalized spacial score (nSPS) is 14.4. The number of rotatable bonds is 11. The standard InChI is InChI=1S/C25H35N3O5/c1-18(27-24(32)33-25(2,3)4)17-20-11-9-19(10-12-20)7-5-6-8-21(29)26-15-16-28-22(30)13-14-23(28)31/h9-14,18H,5-8,15-17H2,1-4H3,(H,26,29)(H,27,32)/t18-/m0/s1. The minimum atomic E-state index is -0.516. The van der Waals surface area contributed by atoms with Gasteiger partial charge in [-0.15, -0.1) is 0 Å². The molecule has 2 N–H and O–H groups in total. The maximum absolute atomic E-state index is 11.9. The second-order valence-electron chi connectivity index (χ2n) is 9.29. The highest BCUT2D eigenvalue weighted by Gasteiger charge is 2.22. The lowest BCUT2D eigenvalue weighted by Gasteiger charge is -2.22. The molecule has 0 aliphatic carbocycles. The van der Waals surface area contributed by atoms with E-state index in [1.807, 2.05) is 27.7 Å². The van der Waals surface area contributed by atoms with E-state index in [1.54, 1.807) is 0 Å². The quantitative estimate of drug-likeness (QED) is 0.393. The van der Waals surface area contributed by atoms with E-state index in [4.69, 9.17) is 4.74 Å². The molecule has 1 aromatic carbocycles. The molecule has 0 saturated carbocycles. The van der Waals surface area contributed by atoms with Crippen molar-refractivity contribution < 1.29 is 23.9 Å². The predicted molar refractivity (Wildman–Crippen MR) is 125 cm³/mol. The summed E-state index contributed by atoms with van der Waals surface area (Å²) in [4.78, 5) is 47.8. The number of hydrogen-bond donors (Lipinski definition) is 2. The Morgan fingerprint density at radius 2 is 1.61 bits per heavy atom. The van der Waals surface area contributed by atoms with Gasteiger partial charge in [-0.25, -0.2) is 4.79 Å². The zero-order valence-corrected chi connectivity index (χ0v) is 20.0. The lowest BCUT2D eigenvalue weighted by Crippen LogP contribution is -2.38. The van der Waals surface area contributed by atoms with Gasteiger partial charge in [-0.05, 0) is 64.5 Å². The maximum atomic E-state index is 11.9. The molecule has 1 aliphatic rings. The fraction of sp³-hybridized carbons (Fsp3) is 0.520. The van der Waals surface area contributed by atoms with Crippen LogP contribution >= 0.6 is 0 Å². The molecule has 0 radical (unpaired) electrons. The molecular formula is C25H35N3O5. The highest BCUT2D eigenvalue weighted by atomic mass is 16.6. The Morgan fingerprint density at radius 3 is 2.21 bits per heavy atom. The third-order valence-electron chi connectivity index (χ3n) is 5.01. The fourth-order valence-corrected chi connectivity index (χ4v) is 3.42. The first-order valence-electron chi connectivity index (χ1n) is 11.4. The third kappa shape index (κ3) is 9.89. The Morgan fingerprint density at radius 1 is 1.00 bits per heavy atom. The molecule has 1 atom stereocenters. The van der Waals surface area contributed by atoms with E-state index in [0.29, 0.717) is 12.8 Å². The topological polar surface area (TPSA) is 105 Å². The van der Waals surface area contributed by atoms with Gasteiger partial charge >= 0.3 is 6.09 Å². The Labute approximate surface area is 195 Å². The zero-order chi connectivity index (χ0) is 24.4. The first-order valence-corrected chi connectivity index (χ1v) is 11.4. The molecule has 0 saturated heterocycles. The Bertz CT molecular complexity index is 853. The summed E-state index contributed by atoms with van der Waals surface area (Å²) in [5.74, 6) is -0.757. The van der Waals surface area contributed by atoms with Crippen LogP contribution in [0.1, 0.15) is 58.1 Å². The van der Waals surface area contributed by atoms with Gasteiger partial charge in [0.15, 0.2) is 0 Å². The Kier molecular flexibility index (Phi) is 9.63. The van der Waals surface area contributed by atoms with Crippen molar-refractivity contribution in [3.05, 3.63) is 47.5 Å². The van der Waals surface area contributed by atoms with Crippen molar-refractivity contribution in [2.45, 2.75) is 71.4 Å². The van der Waals surface area contributed by atoms with Gasteiger partial charge in [0.25, 0.3) is 11.8 Å². The average Bonchev–Trinajstić information content (AvgIpc) is 3.03. The molecule has 1 aromatic rings. The van der Waals surface area contributed by atoms with Crippen molar-refractivity contribution in [3.8, 4) is 0 Å².